The smallest absolute Gasteiger partial charge is 0.326 e. The number of fused-ring (bicyclic) bond motifs is 18. The van der Waals surface area contributed by atoms with Crippen molar-refractivity contribution in [3.05, 3.63) is 156 Å². The van der Waals surface area contributed by atoms with Gasteiger partial charge in [-0.25, -0.2) is 4.79 Å². The molecule has 58 heavy (non-hydrogen) atoms. The van der Waals surface area contributed by atoms with E-state index in [-0.39, 0.29) is 38.5 Å². The van der Waals surface area contributed by atoms with Crippen LogP contribution in [0.5, 0.6) is 0 Å². The fourth-order valence-electron chi connectivity index (χ4n) is 6.63. The first-order valence-corrected chi connectivity index (χ1v) is 19.0. The Bertz CT molecular complexity index is 2200. The van der Waals surface area contributed by atoms with Crippen molar-refractivity contribution in [1.29, 1.82) is 0 Å². The fraction of sp³-hybridized carbons (Fsp3) is 0.222. The molecule has 0 radical (unpaired) electrons. The molecule has 0 aliphatic carbocycles. The van der Waals surface area contributed by atoms with Gasteiger partial charge < -0.3 is 31.7 Å². The molecule has 0 unspecified atom stereocenters. The minimum absolute atomic E-state index is 0.00756. The van der Waals surface area contributed by atoms with Gasteiger partial charge in [0.05, 0.1) is 0 Å². The molecular weight excluding hydrogens is 737 g/mol. The third-order valence-electron chi connectivity index (χ3n) is 9.74. The number of nitrogens with zero attached hydrogens (tertiary/aromatic N) is 1. The van der Waals surface area contributed by atoms with Crippen LogP contribution < -0.4 is 26.6 Å². The number of benzene rings is 4. The highest BCUT2D eigenvalue weighted by atomic mass is 16.4. The Labute approximate surface area is 335 Å². The molecule has 2 aliphatic rings. The number of rotatable bonds is 8. The summed E-state index contributed by atoms with van der Waals surface area (Å²) in [4.78, 5) is 85.3. The average Bonchev–Trinajstić information content (AvgIpc) is 3.23. The lowest BCUT2D eigenvalue weighted by Gasteiger charge is -2.26. The van der Waals surface area contributed by atoms with Gasteiger partial charge in [-0.05, 0) is 51.6 Å². The van der Waals surface area contributed by atoms with Crippen LogP contribution in [-0.4, -0.2) is 69.8 Å². The number of hydrogen-bond donors (Lipinski definition) is 6. The van der Waals surface area contributed by atoms with Crippen LogP contribution in [0.1, 0.15) is 35.1 Å². The normalized spacial score (nSPS) is 19.7. The Morgan fingerprint density at radius 1 is 0.552 bits per heavy atom. The van der Waals surface area contributed by atoms with Crippen LogP contribution in [0.4, 0.5) is 5.69 Å². The molecule has 3 heterocycles. The molecule has 0 fully saturated rings. The first-order chi connectivity index (χ1) is 28.1. The van der Waals surface area contributed by atoms with Crippen molar-refractivity contribution in [1.82, 2.24) is 26.3 Å². The molecule has 7 rings (SSSR count). The SMILES string of the molecule is O=C1CCC(=O)N[C@H](Cc2cccnc2)C(=O)N[C@@H](Cc2ccc(-c3ccccc3)cc2)C(=O)N[C@H](Cc2ccccc2)C(=O)N[C@H](C(=O)O)Cc2ccc(cc2)N1. The summed E-state index contributed by atoms with van der Waals surface area (Å²) in [5, 5.41) is 23.8. The number of carboxylic acids is 1. The number of hydrogen-bond acceptors (Lipinski definition) is 7. The number of pyridine rings is 1. The van der Waals surface area contributed by atoms with Gasteiger partial charge in [0.25, 0.3) is 0 Å². The van der Waals surface area contributed by atoms with Crippen LogP contribution in [0.2, 0.25) is 0 Å². The summed E-state index contributed by atoms with van der Waals surface area (Å²) in [6, 6.07) is 31.1. The predicted octanol–water partition coefficient (Wildman–Crippen LogP) is 3.78. The van der Waals surface area contributed by atoms with E-state index in [1.165, 1.54) is 0 Å². The first kappa shape index (κ1) is 40.5. The monoisotopic (exact) mass is 780 g/mol. The van der Waals surface area contributed by atoms with Gasteiger partial charge in [0.1, 0.15) is 24.2 Å². The molecule has 2 bridgehead atoms. The van der Waals surface area contributed by atoms with Crippen LogP contribution in [-0.2, 0) is 54.5 Å². The molecule has 4 aromatic carbocycles. The van der Waals surface area contributed by atoms with Crippen molar-refractivity contribution >= 4 is 41.2 Å². The standard InChI is InChI=1S/C45H44N6O7/c52-40-21-22-41(53)48-36(27-32-10-7-23-46-28-32)42(54)49-38(25-30-13-17-34(18-14-30)33-11-5-2-6-12-33)43(55)50-37(24-29-8-3-1-4-9-29)44(56)51-39(45(57)58)26-31-15-19-35(47-40)20-16-31/h1-20,23,28,36-39H,21-22,24-27H2,(H,47,52)(H,48,53)(H,49,54)(H,50,55)(H,51,56)(H,57,58)/t36-,37-,38+,39+/m1/s1. The summed E-state index contributed by atoms with van der Waals surface area (Å²) < 4.78 is 0. The number of nitrogens with one attached hydrogen (secondary N) is 5. The molecule has 4 atom stereocenters. The van der Waals surface area contributed by atoms with E-state index in [0.29, 0.717) is 27.9 Å². The largest absolute Gasteiger partial charge is 0.480 e. The molecular formula is C45H44N6O7. The van der Waals surface area contributed by atoms with Crippen molar-refractivity contribution in [3.8, 4) is 11.1 Å². The van der Waals surface area contributed by atoms with E-state index < -0.39 is 59.7 Å². The second-order valence-corrected chi connectivity index (χ2v) is 14.1. The molecule has 5 amide bonds. The highest BCUT2D eigenvalue weighted by Gasteiger charge is 2.32. The maximum Gasteiger partial charge on any atom is 0.326 e. The Balaban J connectivity index is 1.35. The zero-order valence-electron chi connectivity index (χ0n) is 31.6. The topological polar surface area (TPSA) is 196 Å². The molecule has 296 valence electrons. The minimum atomic E-state index is -1.36. The summed E-state index contributed by atoms with van der Waals surface area (Å²) in [5.41, 5.74) is 4.98. The number of carboxylic acid groups (broad SMARTS) is 1. The Hall–Kier alpha value is -7.15. The van der Waals surface area contributed by atoms with Crippen molar-refractivity contribution in [2.24, 2.45) is 0 Å². The number of anilines is 1. The summed E-state index contributed by atoms with van der Waals surface area (Å²) in [6.07, 6.45) is 2.69. The van der Waals surface area contributed by atoms with E-state index in [1.54, 1.807) is 73.1 Å². The van der Waals surface area contributed by atoms with Crippen molar-refractivity contribution in [2.75, 3.05) is 5.32 Å². The van der Waals surface area contributed by atoms with Gasteiger partial charge in [0, 0.05) is 56.6 Å². The minimum Gasteiger partial charge on any atom is -0.480 e. The first-order valence-electron chi connectivity index (χ1n) is 19.0. The molecule has 0 saturated carbocycles. The highest BCUT2D eigenvalue weighted by molar-refractivity contribution is 5.97. The number of aromatic nitrogens is 1. The molecule has 6 N–H and O–H groups in total. The van der Waals surface area contributed by atoms with Gasteiger partial charge in [-0.15, -0.1) is 0 Å². The third kappa shape index (κ3) is 11.7. The van der Waals surface area contributed by atoms with Gasteiger partial charge in [-0.1, -0.05) is 103 Å². The van der Waals surface area contributed by atoms with Crippen LogP contribution in [0.15, 0.2) is 134 Å². The molecule has 0 saturated heterocycles. The predicted molar refractivity (Wildman–Crippen MR) is 217 cm³/mol. The van der Waals surface area contributed by atoms with E-state index in [4.69, 9.17) is 0 Å². The molecule has 5 aromatic rings. The van der Waals surface area contributed by atoms with Gasteiger partial charge in [-0.3, -0.25) is 29.0 Å². The number of aliphatic carboxylic acids is 1. The van der Waals surface area contributed by atoms with E-state index in [1.807, 2.05) is 60.7 Å². The van der Waals surface area contributed by atoms with Gasteiger partial charge >= 0.3 is 5.97 Å². The Morgan fingerprint density at radius 3 is 1.67 bits per heavy atom. The van der Waals surface area contributed by atoms with Gasteiger partial charge in [-0.2, -0.15) is 0 Å². The van der Waals surface area contributed by atoms with Crippen LogP contribution in [0.25, 0.3) is 11.1 Å². The summed E-state index contributed by atoms with van der Waals surface area (Å²) in [5.74, 6) is -4.40. The van der Waals surface area contributed by atoms with Crippen molar-refractivity contribution in [2.45, 2.75) is 62.7 Å². The molecule has 0 spiro atoms. The number of carbonyl (C=O) groups excluding carboxylic acids is 5. The van der Waals surface area contributed by atoms with E-state index >= 15 is 0 Å². The van der Waals surface area contributed by atoms with Crippen molar-refractivity contribution in [3.63, 3.8) is 0 Å². The molecule has 2 aliphatic heterocycles. The second kappa shape index (κ2) is 19.6. The zero-order chi connectivity index (χ0) is 40.9. The van der Waals surface area contributed by atoms with Gasteiger partial charge in [0.15, 0.2) is 0 Å². The molecule has 13 nitrogen and oxygen atoms in total. The third-order valence-corrected chi connectivity index (χ3v) is 9.74. The zero-order valence-corrected chi connectivity index (χ0v) is 31.6. The van der Waals surface area contributed by atoms with E-state index in [2.05, 4.69) is 31.6 Å². The maximum absolute atomic E-state index is 14.4. The maximum atomic E-state index is 14.4. The summed E-state index contributed by atoms with van der Waals surface area (Å²) in [7, 11) is 0. The van der Waals surface area contributed by atoms with Crippen molar-refractivity contribution < 1.29 is 33.9 Å². The molecule has 1 aromatic heterocycles. The lowest BCUT2D eigenvalue weighted by atomic mass is 9.98. The van der Waals surface area contributed by atoms with Crippen LogP contribution >= 0.6 is 0 Å². The quantitative estimate of drug-likeness (QED) is 0.128. The average molecular weight is 781 g/mol. The number of amides is 5. The van der Waals surface area contributed by atoms with E-state index in [9.17, 15) is 33.9 Å². The second-order valence-electron chi connectivity index (χ2n) is 14.1. The van der Waals surface area contributed by atoms with Crippen LogP contribution in [0, 0.1) is 0 Å². The van der Waals surface area contributed by atoms with E-state index in [0.717, 1.165) is 11.1 Å². The lowest BCUT2D eigenvalue weighted by Crippen LogP contribution is -2.59. The van der Waals surface area contributed by atoms with Crippen LogP contribution in [0.3, 0.4) is 0 Å². The Morgan fingerprint density at radius 2 is 1.07 bits per heavy atom. The fourth-order valence-corrected chi connectivity index (χ4v) is 6.63. The lowest BCUT2D eigenvalue weighted by molar-refractivity contribution is -0.142. The summed E-state index contributed by atoms with van der Waals surface area (Å²) >= 11 is 0. The molecule has 13 heteroatoms. The number of carbonyl (C=O) groups is 6. The Kier molecular flexibility index (Phi) is 13.7. The van der Waals surface area contributed by atoms with Gasteiger partial charge in [0.2, 0.25) is 29.5 Å². The summed E-state index contributed by atoms with van der Waals surface area (Å²) in [6.45, 7) is 0. The highest BCUT2D eigenvalue weighted by Crippen LogP contribution is 2.20.